The zero-order chi connectivity index (χ0) is 25.4. The van der Waals surface area contributed by atoms with E-state index in [-0.39, 0.29) is 5.41 Å². The average molecular weight is 471 g/mol. The van der Waals surface area contributed by atoms with Crippen molar-refractivity contribution in [3.05, 3.63) is 119 Å². The molecule has 0 saturated heterocycles. The number of hydrogen-bond donors (Lipinski definition) is 2. The van der Waals surface area contributed by atoms with Gasteiger partial charge in [-0.15, -0.1) is 0 Å². The minimum absolute atomic E-state index is 0.170. The highest BCUT2D eigenvalue weighted by Gasteiger charge is 2.24. The van der Waals surface area contributed by atoms with Crippen LogP contribution in [-0.4, -0.2) is 16.4 Å². The molecule has 5 nitrogen and oxygen atoms in total. The molecule has 0 radical (unpaired) electrons. The van der Waals surface area contributed by atoms with Gasteiger partial charge in [0, 0.05) is 5.41 Å². The van der Waals surface area contributed by atoms with E-state index in [1.54, 1.807) is 60.7 Å². The molecule has 0 fully saturated rings. The molecule has 5 heteroatoms. The lowest BCUT2D eigenvalue weighted by Gasteiger charge is -2.27. The molecule has 0 aliphatic carbocycles. The molecular formula is C30H30O5. The number of carbonyl (C=O) groups excluding carboxylic acids is 1. The van der Waals surface area contributed by atoms with Crippen molar-refractivity contribution in [1.29, 1.82) is 0 Å². The normalized spacial score (nSPS) is 10.6. The van der Waals surface area contributed by atoms with Gasteiger partial charge in [-0.3, -0.25) is 0 Å². The fourth-order valence-electron chi connectivity index (χ4n) is 3.45. The number of phenols is 2. The van der Waals surface area contributed by atoms with Crippen molar-refractivity contribution >= 4 is 6.16 Å². The fourth-order valence-corrected chi connectivity index (χ4v) is 3.45. The summed E-state index contributed by atoms with van der Waals surface area (Å²) in [6.45, 7) is 8.09. The second-order valence-electron chi connectivity index (χ2n) is 8.71. The van der Waals surface area contributed by atoms with Crippen LogP contribution in [0.3, 0.4) is 0 Å². The first-order chi connectivity index (χ1) is 16.7. The van der Waals surface area contributed by atoms with Gasteiger partial charge in [-0.05, 0) is 72.5 Å². The lowest BCUT2D eigenvalue weighted by molar-refractivity contribution is 0.152. The van der Waals surface area contributed by atoms with Crippen molar-refractivity contribution in [3.8, 4) is 23.0 Å². The van der Waals surface area contributed by atoms with E-state index in [4.69, 9.17) is 9.47 Å². The molecule has 180 valence electrons. The molecule has 0 spiro atoms. The molecule has 0 heterocycles. The smallest absolute Gasteiger partial charge is 0.508 e. The Morgan fingerprint density at radius 3 is 1.34 bits per heavy atom. The van der Waals surface area contributed by atoms with Crippen LogP contribution in [0.5, 0.6) is 23.0 Å². The van der Waals surface area contributed by atoms with Crippen LogP contribution in [0.15, 0.2) is 97.1 Å². The maximum atomic E-state index is 11.3. The number of rotatable bonds is 4. The topological polar surface area (TPSA) is 76.0 Å². The number of carbonyl (C=O) groups is 1. The Morgan fingerprint density at radius 2 is 1.00 bits per heavy atom. The minimum atomic E-state index is -0.739. The standard InChI is InChI=1S/C17H20O2.C13H10O3/c1-11-9-13(5-7-15(11)18)17(3,4)14-6-8-16(19)12(2)10-14;14-13(15-11-7-3-1-4-8-11)16-12-9-5-2-6-10-12/h5-10,18-19H,1-4H3;1-10H. The molecule has 0 aliphatic heterocycles. The summed E-state index contributed by atoms with van der Waals surface area (Å²) in [7, 11) is 0. The summed E-state index contributed by atoms with van der Waals surface area (Å²) in [5.74, 6) is 1.56. The number of hydrogen-bond acceptors (Lipinski definition) is 5. The van der Waals surface area contributed by atoms with E-state index in [0.717, 1.165) is 22.3 Å². The Kier molecular flexibility index (Phi) is 8.16. The zero-order valence-electron chi connectivity index (χ0n) is 20.4. The average Bonchev–Trinajstić information content (AvgIpc) is 2.84. The van der Waals surface area contributed by atoms with Gasteiger partial charge in [0.1, 0.15) is 23.0 Å². The Labute approximate surface area is 206 Å². The highest BCUT2D eigenvalue weighted by molar-refractivity contribution is 5.66. The lowest BCUT2D eigenvalue weighted by Crippen LogP contribution is -2.19. The van der Waals surface area contributed by atoms with Crippen LogP contribution in [0.25, 0.3) is 0 Å². The first-order valence-corrected chi connectivity index (χ1v) is 11.3. The monoisotopic (exact) mass is 470 g/mol. The van der Waals surface area contributed by atoms with E-state index in [0.29, 0.717) is 23.0 Å². The van der Waals surface area contributed by atoms with Crippen molar-refractivity contribution in [2.24, 2.45) is 0 Å². The van der Waals surface area contributed by atoms with Crippen molar-refractivity contribution in [1.82, 2.24) is 0 Å². The number of aromatic hydroxyl groups is 2. The third-order valence-electron chi connectivity index (χ3n) is 5.73. The predicted molar refractivity (Wildman–Crippen MR) is 137 cm³/mol. The molecule has 0 saturated carbocycles. The van der Waals surface area contributed by atoms with Gasteiger partial charge in [0.25, 0.3) is 0 Å². The lowest BCUT2D eigenvalue weighted by atomic mass is 9.77. The van der Waals surface area contributed by atoms with Gasteiger partial charge in [0.2, 0.25) is 0 Å². The summed E-state index contributed by atoms with van der Waals surface area (Å²) in [6, 6.07) is 29.0. The van der Waals surface area contributed by atoms with Crippen molar-refractivity contribution in [2.45, 2.75) is 33.1 Å². The molecule has 35 heavy (non-hydrogen) atoms. The molecule has 2 N–H and O–H groups in total. The molecule has 4 aromatic carbocycles. The van der Waals surface area contributed by atoms with Gasteiger partial charge in [-0.1, -0.05) is 74.5 Å². The minimum Gasteiger partial charge on any atom is -0.508 e. The quantitative estimate of drug-likeness (QED) is 0.242. The Morgan fingerprint density at radius 1 is 0.629 bits per heavy atom. The van der Waals surface area contributed by atoms with Crippen LogP contribution in [0, 0.1) is 13.8 Å². The molecule has 0 aromatic heterocycles. The summed E-state index contributed by atoms with van der Waals surface area (Å²) in [5, 5.41) is 19.3. The second kappa shape index (κ2) is 11.3. The molecule has 4 rings (SSSR count). The number of para-hydroxylation sites is 2. The van der Waals surface area contributed by atoms with E-state index < -0.39 is 6.16 Å². The molecule has 0 unspecified atom stereocenters. The van der Waals surface area contributed by atoms with Gasteiger partial charge in [-0.25, -0.2) is 4.79 Å². The first-order valence-electron chi connectivity index (χ1n) is 11.3. The number of benzene rings is 4. The molecular weight excluding hydrogens is 440 g/mol. The summed E-state index contributed by atoms with van der Waals surface area (Å²) < 4.78 is 9.91. The van der Waals surface area contributed by atoms with E-state index in [9.17, 15) is 15.0 Å². The number of ether oxygens (including phenoxy) is 2. The predicted octanol–water partition coefficient (Wildman–Crippen LogP) is 7.30. The second-order valence-corrected chi connectivity index (χ2v) is 8.71. The van der Waals surface area contributed by atoms with E-state index in [1.165, 1.54) is 0 Å². The van der Waals surface area contributed by atoms with Crippen LogP contribution < -0.4 is 9.47 Å². The van der Waals surface area contributed by atoms with E-state index in [1.807, 2.05) is 50.2 Å². The molecule has 0 atom stereocenters. The van der Waals surface area contributed by atoms with Crippen LogP contribution in [0.4, 0.5) is 4.79 Å². The maximum Gasteiger partial charge on any atom is 0.519 e. The highest BCUT2D eigenvalue weighted by atomic mass is 16.7. The van der Waals surface area contributed by atoms with Crippen LogP contribution in [-0.2, 0) is 5.41 Å². The zero-order valence-corrected chi connectivity index (χ0v) is 20.4. The van der Waals surface area contributed by atoms with Gasteiger partial charge in [-0.2, -0.15) is 0 Å². The van der Waals surface area contributed by atoms with Gasteiger partial charge in [0.05, 0.1) is 0 Å². The third-order valence-corrected chi connectivity index (χ3v) is 5.73. The summed E-state index contributed by atoms with van der Waals surface area (Å²) in [5.41, 5.74) is 3.87. The number of aryl methyl sites for hydroxylation is 2. The molecule has 0 aliphatic rings. The van der Waals surface area contributed by atoms with E-state index in [2.05, 4.69) is 13.8 Å². The Hall–Kier alpha value is -4.25. The molecule has 0 amide bonds. The van der Waals surface area contributed by atoms with Crippen LogP contribution >= 0.6 is 0 Å². The Bertz CT molecular complexity index is 1170. The number of phenolic OH excluding ortho intramolecular Hbond substituents is 2. The SMILES string of the molecule is Cc1cc(C(C)(C)c2ccc(O)c(C)c2)ccc1O.O=C(Oc1ccccc1)Oc1ccccc1. The van der Waals surface area contributed by atoms with Gasteiger partial charge >= 0.3 is 6.16 Å². The maximum absolute atomic E-state index is 11.3. The largest absolute Gasteiger partial charge is 0.519 e. The molecule has 0 bridgehead atoms. The third kappa shape index (κ3) is 6.87. The van der Waals surface area contributed by atoms with Crippen molar-refractivity contribution in [3.63, 3.8) is 0 Å². The van der Waals surface area contributed by atoms with Crippen LogP contribution in [0.2, 0.25) is 0 Å². The van der Waals surface area contributed by atoms with Gasteiger partial charge < -0.3 is 19.7 Å². The highest BCUT2D eigenvalue weighted by Crippen LogP contribution is 2.35. The van der Waals surface area contributed by atoms with E-state index >= 15 is 0 Å². The summed E-state index contributed by atoms with van der Waals surface area (Å²) in [6.07, 6.45) is -0.739. The Balaban J connectivity index is 0.000000198. The van der Waals surface area contributed by atoms with Gasteiger partial charge in [0.15, 0.2) is 0 Å². The van der Waals surface area contributed by atoms with Crippen molar-refractivity contribution in [2.75, 3.05) is 0 Å². The summed E-state index contributed by atoms with van der Waals surface area (Å²) >= 11 is 0. The fraction of sp³-hybridized carbons (Fsp3) is 0.167. The summed E-state index contributed by atoms with van der Waals surface area (Å²) in [4.78, 5) is 11.3. The van der Waals surface area contributed by atoms with Crippen LogP contribution in [0.1, 0.15) is 36.1 Å². The molecule has 4 aromatic rings. The van der Waals surface area contributed by atoms with Crippen molar-refractivity contribution < 1.29 is 24.5 Å². The first kappa shape index (κ1) is 25.4.